The molecule has 0 saturated carbocycles. The Balaban J connectivity index is 0.000000248. The maximum Gasteiger partial charge on any atom is 0.436 e. The Morgan fingerprint density at radius 2 is 0.956 bits per heavy atom. The summed E-state index contributed by atoms with van der Waals surface area (Å²) in [5.74, 6) is -0.799. The van der Waals surface area contributed by atoms with E-state index in [0.29, 0.717) is 22.5 Å². The molecule has 0 amide bonds. The number of rotatable bonds is 2. The van der Waals surface area contributed by atoms with Gasteiger partial charge < -0.3 is 11.5 Å². The van der Waals surface area contributed by atoms with E-state index >= 15 is 0 Å². The Labute approximate surface area is 265 Å². The monoisotopic (exact) mass is 722 g/mol. The van der Waals surface area contributed by atoms with E-state index in [2.05, 4.69) is 10.2 Å². The molecule has 2 aromatic heterocycles. The number of nitrogen functional groups attached to an aromatic ring is 2. The largest absolute Gasteiger partial charge is 0.436 e. The van der Waals surface area contributed by atoms with Crippen molar-refractivity contribution in [1.29, 1.82) is 10.5 Å². The fourth-order valence-corrected chi connectivity index (χ4v) is 4.92. The molecule has 21 heteroatoms. The van der Waals surface area contributed by atoms with E-state index in [1.165, 1.54) is 13.0 Å². The van der Waals surface area contributed by atoms with Gasteiger partial charge in [0.05, 0.1) is 36.9 Å². The Kier molecular flexibility index (Phi) is 9.77. The normalized spacial score (nSPS) is 11.9. The molecule has 8 nitrogen and oxygen atoms in total. The topological polar surface area (TPSA) is 135 Å². The van der Waals surface area contributed by atoms with Gasteiger partial charge in [-0.2, -0.15) is 60.2 Å². The minimum Gasteiger partial charge on any atom is -0.382 e. The molecule has 0 fully saturated rings. The highest BCUT2D eigenvalue weighted by Gasteiger charge is 2.40. The zero-order valence-electron chi connectivity index (χ0n) is 21.6. The van der Waals surface area contributed by atoms with Gasteiger partial charge in [0, 0.05) is 0 Å². The van der Waals surface area contributed by atoms with Crippen LogP contribution >= 0.6 is 46.4 Å². The van der Waals surface area contributed by atoms with Gasteiger partial charge >= 0.3 is 18.5 Å². The summed E-state index contributed by atoms with van der Waals surface area (Å²) in [6.45, 7) is 1.54. The summed E-state index contributed by atoms with van der Waals surface area (Å²) in [6, 6.07) is 5.47. The Morgan fingerprint density at radius 3 is 1.22 bits per heavy atom. The average molecular weight is 724 g/mol. The highest BCUT2D eigenvalue weighted by atomic mass is 35.5. The summed E-state index contributed by atoms with van der Waals surface area (Å²) in [4.78, 5) is 0. The van der Waals surface area contributed by atoms with E-state index in [-0.39, 0.29) is 27.1 Å². The van der Waals surface area contributed by atoms with Gasteiger partial charge in [0.15, 0.2) is 5.69 Å². The third-order valence-corrected chi connectivity index (χ3v) is 6.77. The van der Waals surface area contributed by atoms with Crippen molar-refractivity contribution in [3.05, 3.63) is 78.0 Å². The van der Waals surface area contributed by atoms with Crippen molar-refractivity contribution in [2.45, 2.75) is 25.5 Å². The number of anilines is 2. The van der Waals surface area contributed by atoms with Crippen molar-refractivity contribution in [2.24, 2.45) is 0 Å². The Hall–Kier alpha value is -4.03. The first-order valence-electron chi connectivity index (χ1n) is 11.3. The van der Waals surface area contributed by atoms with E-state index in [0.717, 1.165) is 16.8 Å². The number of alkyl halides is 9. The highest BCUT2D eigenvalue weighted by molar-refractivity contribution is 6.38. The number of nitrogens with zero attached hydrogens (tertiary/aromatic N) is 6. The van der Waals surface area contributed by atoms with Gasteiger partial charge in [-0.25, -0.2) is 9.36 Å². The summed E-state index contributed by atoms with van der Waals surface area (Å²) in [5, 5.41) is 23.1. The van der Waals surface area contributed by atoms with Gasteiger partial charge in [0.2, 0.25) is 0 Å². The van der Waals surface area contributed by atoms with Crippen LogP contribution in [0.2, 0.25) is 20.1 Å². The molecular formula is C24H11Cl4F9N8. The minimum absolute atomic E-state index is 0.00608. The number of halogens is 13. The molecule has 4 aromatic rings. The molecule has 4 rings (SSSR count). The maximum atomic E-state index is 12.9. The first-order valence-corrected chi connectivity index (χ1v) is 12.8. The molecule has 0 aliphatic carbocycles. The van der Waals surface area contributed by atoms with Crippen LogP contribution in [-0.4, -0.2) is 19.6 Å². The summed E-state index contributed by atoms with van der Waals surface area (Å²) in [6.07, 6.45) is -14.3. The lowest BCUT2D eigenvalue weighted by Gasteiger charge is -2.13. The Morgan fingerprint density at radius 1 is 0.622 bits per heavy atom. The number of hydrogen-bond donors (Lipinski definition) is 2. The molecule has 0 bridgehead atoms. The number of nitriles is 2. The SMILES string of the molecule is Cc1nn(-c2c(Cl)cc(C(F)(F)F)cc2Cl)c(N)c1C#N.N#Cc1c(C(F)(F)F)nn(-c2c(Cl)cc(C(F)(F)F)cc2Cl)c1N. The van der Waals surface area contributed by atoms with Crippen LogP contribution in [-0.2, 0) is 18.5 Å². The van der Waals surface area contributed by atoms with Crippen LogP contribution in [0.5, 0.6) is 0 Å². The van der Waals surface area contributed by atoms with Crippen LogP contribution in [0.4, 0.5) is 51.1 Å². The van der Waals surface area contributed by atoms with Crippen LogP contribution in [0.1, 0.15) is 33.6 Å². The molecule has 0 spiro atoms. The molecule has 0 unspecified atom stereocenters. The van der Waals surface area contributed by atoms with E-state index < -0.39 is 62.5 Å². The third-order valence-electron chi connectivity index (χ3n) is 5.62. The van der Waals surface area contributed by atoms with Crippen molar-refractivity contribution in [1.82, 2.24) is 19.6 Å². The first kappa shape index (κ1) is 35.4. The molecule has 4 N–H and O–H groups in total. The fourth-order valence-electron chi connectivity index (χ4n) is 3.63. The lowest BCUT2D eigenvalue weighted by molar-refractivity contribution is -0.141. The molecule has 0 radical (unpaired) electrons. The molecular weight excluding hydrogens is 713 g/mol. The summed E-state index contributed by atoms with van der Waals surface area (Å²) in [5.41, 5.74) is 6.33. The summed E-state index contributed by atoms with van der Waals surface area (Å²) < 4.78 is 116. The standard InChI is InChI=1S/C12H4Cl2F6N4.C12H7Cl2F3N4/c13-6-1-4(11(15,16)17)2-7(14)8(6)24-10(22)5(3-21)9(23-24)12(18,19)20;1-5-7(4-18)11(19)21(20-5)10-8(13)2-6(3-9(10)14)12(15,16)17/h1-2H,22H2;2-3H,19H2,1H3. The molecule has 45 heavy (non-hydrogen) atoms. The number of nitrogens with two attached hydrogens (primary N) is 2. The second-order valence-electron chi connectivity index (χ2n) is 8.57. The van der Waals surface area contributed by atoms with Gasteiger partial charge in [-0.05, 0) is 31.2 Å². The van der Waals surface area contributed by atoms with Crippen LogP contribution in [0.15, 0.2) is 24.3 Å². The van der Waals surface area contributed by atoms with E-state index in [1.54, 1.807) is 0 Å². The summed E-state index contributed by atoms with van der Waals surface area (Å²) in [7, 11) is 0. The molecule has 238 valence electrons. The van der Waals surface area contributed by atoms with Crippen LogP contribution in [0, 0.1) is 29.6 Å². The molecule has 0 aliphatic rings. The maximum absolute atomic E-state index is 12.9. The average Bonchev–Trinajstić information content (AvgIpc) is 3.37. The molecule has 0 aliphatic heterocycles. The minimum atomic E-state index is -5.00. The molecule has 0 saturated heterocycles. The summed E-state index contributed by atoms with van der Waals surface area (Å²) >= 11 is 23.1. The van der Waals surface area contributed by atoms with Crippen LogP contribution in [0.25, 0.3) is 11.4 Å². The highest BCUT2D eigenvalue weighted by Crippen LogP contribution is 2.41. The predicted molar refractivity (Wildman–Crippen MR) is 145 cm³/mol. The number of hydrogen-bond acceptors (Lipinski definition) is 6. The van der Waals surface area contributed by atoms with E-state index in [1.807, 2.05) is 6.07 Å². The van der Waals surface area contributed by atoms with Crippen molar-refractivity contribution in [2.75, 3.05) is 11.5 Å². The zero-order chi connectivity index (χ0) is 34.4. The van der Waals surface area contributed by atoms with E-state index in [4.69, 9.17) is 68.4 Å². The van der Waals surface area contributed by atoms with Crippen molar-refractivity contribution in [3.8, 4) is 23.5 Å². The van der Waals surface area contributed by atoms with Crippen molar-refractivity contribution < 1.29 is 39.5 Å². The number of aryl methyl sites for hydroxylation is 1. The van der Waals surface area contributed by atoms with Crippen molar-refractivity contribution >= 4 is 58.0 Å². The van der Waals surface area contributed by atoms with Crippen LogP contribution < -0.4 is 11.5 Å². The molecule has 2 aromatic carbocycles. The van der Waals surface area contributed by atoms with Crippen LogP contribution in [0.3, 0.4) is 0 Å². The van der Waals surface area contributed by atoms with Gasteiger partial charge in [-0.15, -0.1) is 0 Å². The first-order chi connectivity index (χ1) is 20.5. The second kappa shape index (κ2) is 12.4. The zero-order valence-corrected chi connectivity index (χ0v) is 24.6. The Bertz CT molecular complexity index is 1830. The molecule has 2 heterocycles. The fraction of sp³-hybridized carbons (Fsp3) is 0.167. The van der Waals surface area contributed by atoms with E-state index in [9.17, 15) is 39.5 Å². The quantitative estimate of drug-likeness (QED) is 0.199. The molecule has 0 atom stereocenters. The third kappa shape index (κ3) is 7.12. The van der Waals surface area contributed by atoms with Gasteiger partial charge in [0.1, 0.15) is 46.3 Å². The number of benzene rings is 2. The lowest BCUT2D eigenvalue weighted by Crippen LogP contribution is -2.10. The number of aromatic nitrogens is 4. The predicted octanol–water partition coefficient (Wildman–Crippen LogP) is 8.63. The van der Waals surface area contributed by atoms with Gasteiger partial charge in [-0.1, -0.05) is 46.4 Å². The second-order valence-corrected chi connectivity index (χ2v) is 10.2. The van der Waals surface area contributed by atoms with Crippen molar-refractivity contribution in [3.63, 3.8) is 0 Å². The lowest BCUT2D eigenvalue weighted by atomic mass is 10.2. The van der Waals surface area contributed by atoms with Gasteiger partial charge in [-0.3, -0.25) is 0 Å². The van der Waals surface area contributed by atoms with Gasteiger partial charge in [0.25, 0.3) is 0 Å². The smallest absolute Gasteiger partial charge is 0.382 e.